The number of nitrogens with two attached hydrogens (primary N) is 1. The number of rotatable bonds is 5. The molecule has 1 aromatic rings. The molecule has 5 heteroatoms. The lowest BCUT2D eigenvalue weighted by atomic mass is 9.88. The van der Waals surface area contributed by atoms with Gasteiger partial charge in [0.25, 0.3) is 5.91 Å². The number of hydrogen-bond acceptors (Lipinski definition) is 3. The molecule has 1 atom stereocenters. The Hall–Kier alpha value is -1.62. The van der Waals surface area contributed by atoms with Gasteiger partial charge in [0, 0.05) is 12.6 Å². The highest BCUT2D eigenvalue weighted by atomic mass is 19.1. The Labute approximate surface area is 119 Å². The standard InChI is InChI=1S/C15H23FN2O2/c1-15(2,3)8-10(17)9-18-14(19)13-11(16)6-5-7-12(13)20-4/h5-7,10H,8-9,17H2,1-4H3,(H,18,19). The van der Waals surface area contributed by atoms with Crippen molar-refractivity contribution in [3.63, 3.8) is 0 Å². The van der Waals surface area contributed by atoms with Gasteiger partial charge in [-0.05, 0) is 24.0 Å². The highest BCUT2D eigenvalue weighted by Crippen LogP contribution is 2.21. The first-order valence-electron chi connectivity index (χ1n) is 6.61. The van der Waals surface area contributed by atoms with Gasteiger partial charge < -0.3 is 15.8 Å². The molecule has 0 saturated heterocycles. The van der Waals surface area contributed by atoms with Crippen molar-refractivity contribution in [1.82, 2.24) is 5.32 Å². The fourth-order valence-electron chi connectivity index (χ4n) is 2.07. The zero-order valence-electron chi connectivity index (χ0n) is 12.5. The third-order valence-electron chi connectivity index (χ3n) is 2.82. The van der Waals surface area contributed by atoms with E-state index in [1.165, 1.54) is 19.2 Å². The zero-order valence-corrected chi connectivity index (χ0v) is 12.5. The fraction of sp³-hybridized carbons (Fsp3) is 0.533. The van der Waals surface area contributed by atoms with E-state index in [2.05, 4.69) is 26.1 Å². The maximum atomic E-state index is 13.7. The summed E-state index contributed by atoms with van der Waals surface area (Å²) in [6.45, 7) is 6.53. The number of methoxy groups -OCH3 is 1. The van der Waals surface area contributed by atoms with Crippen LogP contribution in [0.5, 0.6) is 5.75 Å². The number of carbonyl (C=O) groups excluding carboxylic acids is 1. The lowest BCUT2D eigenvalue weighted by Crippen LogP contribution is -2.39. The molecule has 0 bridgehead atoms. The van der Waals surface area contributed by atoms with Gasteiger partial charge in [-0.25, -0.2) is 4.39 Å². The molecule has 0 fully saturated rings. The van der Waals surface area contributed by atoms with Crippen LogP contribution in [0.15, 0.2) is 18.2 Å². The van der Waals surface area contributed by atoms with Crippen LogP contribution in [0, 0.1) is 11.2 Å². The van der Waals surface area contributed by atoms with Crippen LogP contribution in [0.1, 0.15) is 37.6 Å². The molecule has 3 N–H and O–H groups in total. The van der Waals surface area contributed by atoms with E-state index in [1.807, 2.05) is 0 Å². The molecule has 0 saturated carbocycles. The summed E-state index contributed by atoms with van der Waals surface area (Å²) in [6, 6.07) is 4.10. The summed E-state index contributed by atoms with van der Waals surface area (Å²) in [5.41, 5.74) is 5.95. The number of benzene rings is 1. The molecule has 112 valence electrons. The highest BCUT2D eigenvalue weighted by molar-refractivity contribution is 5.97. The van der Waals surface area contributed by atoms with Gasteiger partial charge in [-0.2, -0.15) is 0 Å². The van der Waals surface area contributed by atoms with Crippen molar-refractivity contribution in [2.24, 2.45) is 11.1 Å². The van der Waals surface area contributed by atoms with Crippen molar-refractivity contribution in [3.05, 3.63) is 29.6 Å². The van der Waals surface area contributed by atoms with Gasteiger partial charge in [-0.1, -0.05) is 26.8 Å². The molecule has 0 aliphatic carbocycles. The van der Waals surface area contributed by atoms with Gasteiger partial charge in [0.05, 0.1) is 7.11 Å². The fourth-order valence-corrected chi connectivity index (χ4v) is 2.07. The first kappa shape index (κ1) is 16.4. The molecular formula is C15H23FN2O2. The number of halogens is 1. The Balaban J connectivity index is 2.68. The van der Waals surface area contributed by atoms with Crippen LogP contribution in [0.2, 0.25) is 0 Å². The molecule has 1 aromatic carbocycles. The van der Waals surface area contributed by atoms with Gasteiger partial charge in [0.15, 0.2) is 0 Å². The molecule has 0 radical (unpaired) electrons. The Kier molecular flexibility index (Phi) is 5.51. The highest BCUT2D eigenvalue weighted by Gasteiger charge is 2.20. The average molecular weight is 282 g/mol. The van der Waals surface area contributed by atoms with Crippen molar-refractivity contribution in [2.75, 3.05) is 13.7 Å². The normalized spacial score (nSPS) is 12.9. The van der Waals surface area contributed by atoms with E-state index in [9.17, 15) is 9.18 Å². The summed E-state index contributed by atoms with van der Waals surface area (Å²) in [4.78, 5) is 12.0. The van der Waals surface area contributed by atoms with Crippen molar-refractivity contribution in [1.29, 1.82) is 0 Å². The summed E-state index contributed by atoms with van der Waals surface area (Å²) in [5, 5.41) is 2.65. The quantitative estimate of drug-likeness (QED) is 0.871. The molecule has 0 heterocycles. The van der Waals surface area contributed by atoms with E-state index in [0.717, 1.165) is 6.42 Å². The average Bonchev–Trinajstić information content (AvgIpc) is 2.33. The minimum atomic E-state index is -0.605. The van der Waals surface area contributed by atoms with Crippen LogP contribution in [0.3, 0.4) is 0 Å². The molecule has 0 spiro atoms. The summed E-state index contributed by atoms with van der Waals surface area (Å²) < 4.78 is 18.7. The van der Waals surface area contributed by atoms with E-state index >= 15 is 0 Å². The summed E-state index contributed by atoms with van der Waals surface area (Å²) in [6.07, 6.45) is 0.766. The van der Waals surface area contributed by atoms with Gasteiger partial charge in [-0.15, -0.1) is 0 Å². The van der Waals surface area contributed by atoms with Gasteiger partial charge in [0.2, 0.25) is 0 Å². The summed E-state index contributed by atoms with van der Waals surface area (Å²) in [5.74, 6) is -0.901. The molecule has 0 aromatic heterocycles. The summed E-state index contributed by atoms with van der Waals surface area (Å²) >= 11 is 0. The van der Waals surface area contributed by atoms with Crippen LogP contribution in [0.25, 0.3) is 0 Å². The molecule has 4 nitrogen and oxygen atoms in total. The number of hydrogen-bond donors (Lipinski definition) is 2. The third-order valence-corrected chi connectivity index (χ3v) is 2.82. The molecular weight excluding hydrogens is 259 g/mol. The molecule has 1 unspecified atom stereocenters. The predicted octanol–water partition coefficient (Wildman–Crippen LogP) is 2.33. The third kappa shape index (κ3) is 4.81. The van der Waals surface area contributed by atoms with Gasteiger partial charge in [0.1, 0.15) is 17.1 Å². The largest absolute Gasteiger partial charge is 0.496 e. The minimum absolute atomic E-state index is 0.0832. The smallest absolute Gasteiger partial charge is 0.258 e. The SMILES string of the molecule is COc1cccc(F)c1C(=O)NCC(N)CC(C)(C)C. The van der Waals surface area contributed by atoms with Gasteiger partial charge in [-0.3, -0.25) is 4.79 Å². The lowest BCUT2D eigenvalue weighted by Gasteiger charge is -2.23. The Morgan fingerprint density at radius 2 is 2.10 bits per heavy atom. The number of nitrogens with one attached hydrogen (secondary N) is 1. The summed E-state index contributed by atoms with van der Waals surface area (Å²) in [7, 11) is 1.40. The number of carbonyl (C=O) groups is 1. The van der Waals surface area contributed by atoms with Crippen molar-refractivity contribution in [3.8, 4) is 5.75 Å². The molecule has 0 aliphatic heterocycles. The van der Waals surface area contributed by atoms with Gasteiger partial charge >= 0.3 is 0 Å². The second kappa shape index (κ2) is 6.70. The van der Waals surface area contributed by atoms with Crippen LogP contribution >= 0.6 is 0 Å². The molecule has 1 rings (SSSR count). The number of amides is 1. The Morgan fingerprint density at radius 3 is 2.65 bits per heavy atom. The van der Waals surface area contributed by atoms with Crippen LogP contribution in [-0.2, 0) is 0 Å². The molecule has 1 amide bonds. The molecule has 0 aliphatic rings. The molecule has 20 heavy (non-hydrogen) atoms. The maximum absolute atomic E-state index is 13.7. The first-order chi connectivity index (χ1) is 9.24. The second-order valence-electron chi connectivity index (χ2n) is 6.05. The monoisotopic (exact) mass is 282 g/mol. The van der Waals surface area contributed by atoms with Crippen molar-refractivity contribution >= 4 is 5.91 Å². The van der Waals surface area contributed by atoms with Crippen LogP contribution < -0.4 is 15.8 Å². The minimum Gasteiger partial charge on any atom is -0.496 e. The van der Waals surface area contributed by atoms with E-state index in [1.54, 1.807) is 6.07 Å². The first-order valence-corrected chi connectivity index (χ1v) is 6.61. The van der Waals surface area contributed by atoms with E-state index in [4.69, 9.17) is 10.5 Å². The van der Waals surface area contributed by atoms with Crippen LogP contribution in [-0.4, -0.2) is 25.6 Å². The number of ether oxygens (including phenoxy) is 1. The second-order valence-corrected chi connectivity index (χ2v) is 6.05. The van der Waals surface area contributed by atoms with Crippen LogP contribution in [0.4, 0.5) is 4.39 Å². The van der Waals surface area contributed by atoms with E-state index < -0.39 is 11.7 Å². The topological polar surface area (TPSA) is 64.3 Å². The zero-order chi connectivity index (χ0) is 15.3. The van der Waals surface area contributed by atoms with E-state index in [0.29, 0.717) is 6.54 Å². The Morgan fingerprint density at radius 1 is 1.45 bits per heavy atom. The van der Waals surface area contributed by atoms with Crippen molar-refractivity contribution in [2.45, 2.75) is 33.2 Å². The maximum Gasteiger partial charge on any atom is 0.258 e. The van der Waals surface area contributed by atoms with Crippen molar-refractivity contribution < 1.29 is 13.9 Å². The predicted molar refractivity (Wildman–Crippen MR) is 77.3 cm³/mol. The lowest BCUT2D eigenvalue weighted by molar-refractivity contribution is 0.0941. The Bertz CT molecular complexity index is 469. The van der Waals surface area contributed by atoms with E-state index in [-0.39, 0.29) is 22.8 Å².